The molecule has 0 aromatic carbocycles. The first kappa shape index (κ1) is 13.4. The van der Waals surface area contributed by atoms with Crippen molar-refractivity contribution in [2.75, 3.05) is 32.8 Å². The van der Waals surface area contributed by atoms with Gasteiger partial charge in [0, 0.05) is 19.6 Å². The van der Waals surface area contributed by atoms with E-state index in [4.69, 9.17) is 15.9 Å². The first-order chi connectivity index (χ1) is 6.70. The van der Waals surface area contributed by atoms with E-state index in [1.165, 1.54) is 0 Å². The van der Waals surface area contributed by atoms with Crippen LogP contribution in [-0.4, -0.2) is 43.6 Å². The number of nitrogens with one attached hydrogen (secondary N) is 1. The number of nitrogens with two attached hydrogens (primary N) is 1. The number of rotatable bonds is 9. The molecular formula is C10H23N3O. The quantitative estimate of drug-likeness (QED) is 0.333. The highest BCUT2D eigenvalue weighted by Crippen LogP contribution is 1.95. The van der Waals surface area contributed by atoms with Crippen molar-refractivity contribution in [3.63, 3.8) is 0 Å². The maximum absolute atomic E-state index is 7.10. The molecule has 0 saturated carbocycles. The molecule has 0 atom stereocenters. The van der Waals surface area contributed by atoms with Crippen LogP contribution in [0.3, 0.4) is 0 Å². The fourth-order valence-electron chi connectivity index (χ4n) is 1.26. The molecule has 84 valence electrons. The number of hydrogen-bond donors (Lipinski definition) is 2. The third-order valence-electron chi connectivity index (χ3n) is 2.12. The molecule has 4 heteroatoms. The average Bonchev–Trinajstić information content (AvgIpc) is 2.15. The maximum atomic E-state index is 7.10. The maximum Gasteiger partial charge on any atom is 0.0905 e. The molecule has 0 heterocycles. The molecule has 0 rings (SSSR count). The Balaban J connectivity index is 3.42. The molecule has 0 aliphatic carbocycles. The third-order valence-corrected chi connectivity index (χ3v) is 2.12. The Bertz CT molecular complexity index is 150. The number of ether oxygens (including phenoxy) is 1. The highest BCUT2D eigenvalue weighted by atomic mass is 16.5. The molecule has 0 spiro atoms. The standard InChI is InChI=1S/C10H23N3O/c1-3-13(8-9-14-4-2)7-5-6-10(11)12/h3-9H2,1-2H3,(H3,11,12). The fraction of sp³-hybridized carbons (Fsp3) is 0.900. The second kappa shape index (κ2) is 8.97. The Morgan fingerprint density at radius 2 is 2.07 bits per heavy atom. The van der Waals surface area contributed by atoms with Crippen molar-refractivity contribution in [2.24, 2.45) is 5.73 Å². The van der Waals surface area contributed by atoms with Crippen molar-refractivity contribution in [3.05, 3.63) is 0 Å². The minimum absolute atomic E-state index is 0.283. The van der Waals surface area contributed by atoms with E-state index < -0.39 is 0 Å². The summed E-state index contributed by atoms with van der Waals surface area (Å²) < 4.78 is 5.28. The predicted molar refractivity (Wildman–Crippen MR) is 59.8 cm³/mol. The topological polar surface area (TPSA) is 62.3 Å². The summed E-state index contributed by atoms with van der Waals surface area (Å²) >= 11 is 0. The Morgan fingerprint density at radius 3 is 2.57 bits per heavy atom. The summed E-state index contributed by atoms with van der Waals surface area (Å²) in [6, 6.07) is 0. The molecule has 3 N–H and O–H groups in total. The molecule has 4 nitrogen and oxygen atoms in total. The summed E-state index contributed by atoms with van der Waals surface area (Å²) in [5, 5.41) is 7.10. The van der Waals surface area contributed by atoms with Gasteiger partial charge in [-0.3, -0.25) is 5.41 Å². The summed E-state index contributed by atoms with van der Waals surface area (Å²) in [6.07, 6.45) is 1.67. The van der Waals surface area contributed by atoms with Gasteiger partial charge in [-0.1, -0.05) is 6.92 Å². The van der Waals surface area contributed by atoms with Gasteiger partial charge >= 0.3 is 0 Å². The molecule has 0 aliphatic heterocycles. The lowest BCUT2D eigenvalue weighted by Gasteiger charge is -2.19. The Labute approximate surface area is 86.9 Å². The Hall–Kier alpha value is -0.610. The minimum Gasteiger partial charge on any atom is -0.388 e. The van der Waals surface area contributed by atoms with Crippen LogP contribution in [-0.2, 0) is 4.74 Å². The Morgan fingerprint density at radius 1 is 1.36 bits per heavy atom. The van der Waals surface area contributed by atoms with Crippen LogP contribution in [0, 0.1) is 5.41 Å². The zero-order chi connectivity index (χ0) is 10.8. The first-order valence-electron chi connectivity index (χ1n) is 5.33. The van der Waals surface area contributed by atoms with Gasteiger partial charge in [0.2, 0.25) is 0 Å². The van der Waals surface area contributed by atoms with Crippen LogP contribution in [0.4, 0.5) is 0 Å². The molecule has 0 bridgehead atoms. The van der Waals surface area contributed by atoms with Gasteiger partial charge in [-0.25, -0.2) is 0 Å². The highest BCUT2D eigenvalue weighted by Gasteiger charge is 2.01. The molecule has 0 fully saturated rings. The van der Waals surface area contributed by atoms with E-state index in [1.807, 2.05) is 6.92 Å². The molecule has 0 amide bonds. The molecular weight excluding hydrogens is 178 g/mol. The molecule has 14 heavy (non-hydrogen) atoms. The highest BCUT2D eigenvalue weighted by molar-refractivity contribution is 5.76. The van der Waals surface area contributed by atoms with Gasteiger partial charge in [0.15, 0.2) is 0 Å². The van der Waals surface area contributed by atoms with E-state index in [1.54, 1.807) is 0 Å². The van der Waals surface area contributed by atoms with Crippen molar-refractivity contribution < 1.29 is 4.74 Å². The number of likely N-dealkylation sites (N-methyl/N-ethyl adjacent to an activating group) is 1. The lowest BCUT2D eigenvalue weighted by Crippen LogP contribution is -2.29. The van der Waals surface area contributed by atoms with Crippen LogP contribution in [0.15, 0.2) is 0 Å². The van der Waals surface area contributed by atoms with Crippen LogP contribution in [0.25, 0.3) is 0 Å². The van der Waals surface area contributed by atoms with Gasteiger partial charge in [0.1, 0.15) is 0 Å². The van der Waals surface area contributed by atoms with Gasteiger partial charge in [-0.15, -0.1) is 0 Å². The predicted octanol–water partition coefficient (Wildman–Crippen LogP) is 1.06. The van der Waals surface area contributed by atoms with Crippen LogP contribution in [0.5, 0.6) is 0 Å². The second-order valence-electron chi connectivity index (χ2n) is 3.26. The molecule has 0 saturated heterocycles. The van der Waals surface area contributed by atoms with Gasteiger partial charge < -0.3 is 15.4 Å². The summed E-state index contributed by atoms with van der Waals surface area (Å²) in [5.74, 6) is 0.283. The summed E-state index contributed by atoms with van der Waals surface area (Å²) in [5.41, 5.74) is 5.28. The molecule has 0 aromatic heterocycles. The third kappa shape index (κ3) is 8.01. The van der Waals surface area contributed by atoms with Crippen molar-refractivity contribution in [1.82, 2.24) is 4.90 Å². The van der Waals surface area contributed by atoms with E-state index in [-0.39, 0.29) is 5.84 Å². The van der Waals surface area contributed by atoms with Crippen molar-refractivity contribution >= 4 is 5.84 Å². The van der Waals surface area contributed by atoms with E-state index in [9.17, 15) is 0 Å². The number of hydrogen-bond acceptors (Lipinski definition) is 3. The van der Waals surface area contributed by atoms with Crippen molar-refractivity contribution in [3.8, 4) is 0 Å². The van der Waals surface area contributed by atoms with Gasteiger partial charge in [0.25, 0.3) is 0 Å². The normalized spacial score (nSPS) is 10.8. The smallest absolute Gasteiger partial charge is 0.0905 e. The van der Waals surface area contributed by atoms with E-state index >= 15 is 0 Å². The zero-order valence-corrected chi connectivity index (χ0v) is 9.38. The van der Waals surface area contributed by atoms with E-state index in [0.717, 1.165) is 39.3 Å². The second-order valence-corrected chi connectivity index (χ2v) is 3.26. The summed E-state index contributed by atoms with van der Waals surface area (Å²) in [7, 11) is 0. The monoisotopic (exact) mass is 201 g/mol. The first-order valence-corrected chi connectivity index (χ1v) is 5.33. The van der Waals surface area contributed by atoms with E-state index in [0.29, 0.717) is 6.42 Å². The molecule has 0 unspecified atom stereocenters. The number of amidine groups is 1. The van der Waals surface area contributed by atoms with Crippen molar-refractivity contribution in [2.45, 2.75) is 26.7 Å². The largest absolute Gasteiger partial charge is 0.388 e. The Kier molecular flexibility index (Phi) is 8.57. The summed E-state index contributed by atoms with van der Waals surface area (Å²) in [4.78, 5) is 2.32. The summed E-state index contributed by atoms with van der Waals surface area (Å²) in [6.45, 7) is 8.73. The molecule has 0 radical (unpaired) electrons. The van der Waals surface area contributed by atoms with E-state index in [2.05, 4.69) is 11.8 Å². The minimum atomic E-state index is 0.283. The van der Waals surface area contributed by atoms with Gasteiger partial charge in [-0.2, -0.15) is 0 Å². The lowest BCUT2D eigenvalue weighted by molar-refractivity contribution is 0.115. The lowest BCUT2D eigenvalue weighted by atomic mass is 10.3. The van der Waals surface area contributed by atoms with Crippen LogP contribution < -0.4 is 5.73 Å². The van der Waals surface area contributed by atoms with Gasteiger partial charge in [-0.05, 0) is 26.4 Å². The average molecular weight is 201 g/mol. The van der Waals surface area contributed by atoms with Crippen molar-refractivity contribution in [1.29, 1.82) is 5.41 Å². The van der Waals surface area contributed by atoms with Crippen LogP contribution >= 0.6 is 0 Å². The zero-order valence-electron chi connectivity index (χ0n) is 9.38. The van der Waals surface area contributed by atoms with Crippen LogP contribution in [0.2, 0.25) is 0 Å². The fourth-order valence-corrected chi connectivity index (χ4v) is 1.26. The molecule has 0 aliphatic rings. The van der Waals surface area contributed by atoms with Gasteiger partial charge in [0.05, 0.1) is 12.4 Å². The molecule has 0 aromatic rings. The number of nitrogens with zero attached hydrogens (tertiary/aromatic N) is 1. The SMILES string of the molecule is CCOCCN(CC)CCCC(=N)N. The van der Waals surface area contributed by atoms with Crippen LogP contribution in [0.1, 0.15) is 26.7 Å².